The minimum absolute atomic E-state index is 0.00447. The molecule has 2 atom stereocenters. The fourth-order valence-electron chi connectivity index (χ4n) is 3.26. The van der Waals surface area contributed by atoms with E-state index in [0.29, 0.717) is 10.9 Å². The summed E-state index contributed by atoms with van der Waals surface area (Å²) in [6, 6.07) is 14.8. The van der Waals surface area contributed by atoms with Crippen LogP contribution in [0.15, 0.2) is 59.6 Å². The van der Waals surface area contributed by atoms with Gasteiger partial charge in [0.05, 0.1) is 23.2 Å². The number of para-hydroxylation sites is 2. The van der Waals surface area contributed by atoms with Gasteiger partial charge in [0.25, 0.3) is 0 Å². The van der Waals surface area contributed by atoms with Crippen LogP contribution in [0.25, 0.3) is 0 Å². The van der Waals surface area contributed by atoms with Crippen molar-refractivity contribution in [2.45, 2.75) is 11.3 Å². The number of nitrogens with zero attached hydrogens (tertiary/aromatic N) is 2. The monoisotopic (exact) mass is 419 g/mol. The zero-order chi connectivity index (χ0) is 19.7. The highest BCUT2D eigenvalue weighted by Gasteiger charge is 2.44. The van der Waals surface area contributed by atoms with E-state index in [2.05, 4.69) is 10.3 Å². The number of anilines is 2. The zero-order valence-electron chi connectivity index (χ0n) is 14.8. The molecular formula is C19H18FN3O3S2. The number of fused-ring (bicyclic) bond motifs is 1. The number of halogens is 1. The molecule has 1 saturated heterocycles. The number of rotatable bonds is 4. The number of nitrogens with one attached hydrogen (secondary N) is 1. The lowest BCUT2D eigenvalue weighted by molar-refractivity contribution is -0.114. The smallest absolute Gasteiger partial charge is 0.244 e. The van der Waals surface area contributed by atoms with Gasteiger partial charge < -0.3 is 10.2 Å². The van der Waals surface area contributed by atoms with Crippen LogP contribution in [0, 0.1) is 5.82 Å². The van der Waals surface area contributed by atoms with Gasteiger partial charge in [-0.3, -0.25) is 9.79 Å². The molecule has 146 valence electrons. The maximum Gasteiger partial charge on any atom is 0.244 e. The van der Waals surface area contributed by atoms with E-state index in [4.69, 9.17) is 0 Å². The summed E-state index contributed by atoms with van der Waals surface area (Å²) in [6.45, 7) is -0.131. The molecule has 0 saturated carbocycles. The summed E-state index contributed by atoms with van der Waals surface area (Å²) >= 11 is 1.29. The Morgan fingerprint density at radius 1 is 1.14 bits per heavy atom. The first kappa shape index (κ1) is 18.9. The van der Waals surface area contributed by atoms with Crippen molar-refractivity contribution < 1.29 is 17.6 Å². The number of carbonyl (C=O) groups excluding carboxylic acids is 1. The lowest BCUT2D eigenvalue weighted by atomic mass is 10.2. The number of hydrogen-bond acceptors (Lipinski definition) is 6. The Bertz CT molecular complexity index is 1030. The molecule has 1 fully saturated rings. The third kappa shape index (κ3) is 4.05. The quantitative estimate of drug-likeness (QED) is 0.824. The lowest BCUT2D eigenvalue weighted by Crippen LogP contribution is -2.37. The van der Waals surface area contributed by atoms with Crippen molar-refractivity contribution in [3.05, 3.63) is 60.4 Å². The molecule has 2 heterocycles. The summed E-state index contributed by atoms with van der Waals surface area (Å²) in [5.74, 6) is -0.739. The van der Waals surface area contributed by atoms with E-state index >= 15 is 0 Å². The van der Waals surface area contributed by atoms with Crippen LogP contribution in [-0.2, 0) is 14.6 Å². The van der Waals surface area contributed by atoms with Gasteiger partial charge in [0.2, 0.25) is 5.91 Å². The van der Waals surface area contributed by atoms with Crippen molar-refractivity contribution >= 4 is 44.0 Å². The van der Waals surface area contributed by atoms with Gasteiger partial charge in [-0.15, -0.1) is 0 Å². The van der Waals surface area contributed by atoms with Gasteiger partial charge in [-0.2, -0.15) is 0 Å². The number of thioether (sulfide) groups is 1. The molecule has 2 aliphatic rings. The van der Waals surface area contributed by atoms with Crippen LogP contribution in [-0.4, -0.2) is 48.8 Å². The topological polar surface area (TPSA) is 78.8 Å². The molecule has 0 unspecified atom stereocenters. The highest BCUT2D eigenvalue weighted by molar-refractivity contribution is 8.15. The fourth-order valence-corrected chi connectivity index (χ4v) is 7.04. The third-order valence-electron chi connectivity index (χ3n) is 4.54. The van der Waals surface area contributed by atoms with Gasteiger partial charge in [0.15, 0.2) is 15.0 Å². The Hall–Kier alpha value is -2.39. The average molecular weight is 420 g/mol. The summed E-state index contributed by atoms with van der Waals surface area (Å²) in [6.07, 6.45) is 0. The van der Waals surface area contributed by atoms with E-state index < -0.39 is 15.7 Å². The Morgan fingerprint density at radius 2 is 1.86 bits per heavy atom. The van der Waals surface area contributed by atoms with E-state index in [1.54, 1.807) is 30.3 Å². The van der Waals surface area contributed by atoms with Gasteiger partial charge in [-0.05, 0) is 24.3 Å². The first-order valence-corrected chi connectivity index (χ1v) is 11.4. The second-order valence-corrected chi connectivity index (χ2v) is 10.0. The van der Waals surface area contributed by atoms with E-state index in [9.17, 15) is 17.6 Å². The highest BCUT2D eigenvalue weighted by atomic mass is 32.2. The normalized spacial score (nSPS) is 22.4. The Labute approximate surface area is 166 Å². The molecule has 1 N–H and O–H groups in total. The molecule has 0 radical (unpaired) electrons. The van der Waals surface area contributed by atoms with Crippen LogP contribution >= 0.6 is 11.8 Å². The Morgan fingerprint density at radius 3 is 2.57 bits per heavy atom. The molecule has 28 heavy (non-hydrogen) atoms. The summed E-state index contributed by atoms with van der Waals surface area (Å²) in [7, 11) is -3.09. The first-order valence-electron chi connectivity index (χ1n) is 8.73. The van der Waals surface area contributed by atoms with Crippen LogP contribution in [0.4, 0.5) is 15.8 Å². The summed E-state index contributed by atoms with van der Waals surface area (Å²) in [4.78, 5) is 18.6. The van der Waals surface area contributed by atoms with Crippen molar-refractivity contribution in [2.24, 2.45) is 4.99 Å². The summed E-state index contributed by atoms with van der Waals surface area (Å²) < 4.78 is 38.1. The molecule has 2 aromatic carbocycles. The van der Waals surface area contributed by atoms with Gasteiger partial charge in [-0.25, -0.2) is 12.8 Å². The summed E-state index contributed by atoms with van der Waals surface area (Å²) in [5.41, 5.74) is 0.879. The zero-order valence-corrected chi connectivity index (χ0v) is 16.4. The van der Waals surface area contributed by atoms with Crippen LogP contribution in [0.1, 0.15) is 0 Å². The number of carbonyl (C=O) groups is 1. The second-order valence-electron chi connectivity index (χ2n) is 6.66. The van der Waals surface area contributed by atoms with Crippen LogP contribution < -0.4 is 10.2 Å². The molecule has 9 heteroatoms. The van der Waals surface area contributed by atoms with Crippen molar-refractivity contribution in [1.29, 1.82) is 0 Å². The first-order chi connectivity index (χ1) is 13.4. The van der Waals surface area contributed by atoms with Crippen molar-refractivity contribution in [3.63, 3.8) is 0 Å². The number of amides is 1. The predicted octanol–water partition coefficient (Wildman–Crippen LogP) is 2.54. The third-order valence-corrected chi connectivity index (χ3v) is 7.79. The molecule has 1 amide bonds. The number of amidine groups is 1. The predicted molar refractivity (Wildman–Crippen MR) is 110 cm³/mol. The van der Waals surface area contributed by atoms with Crippen LogP contribution in [0.2, 0.25) is 0 Å². The number of benzene rings is 2. The van der Waals surface area contributed by atoms with Crippen molar-refractivity contribution in [3.8, 4) is 0 Å². The van der Waals surface area contributed by atoms with Gasteiger partial charge in [-0.1, -0.05) is 42.1 Å². The molecule has 4 rings (SSSR count). The SMILES string of the molecule is O=C(CN(C1=N[C@@H]2CS(=O)(=O)C[C@@H]2S1)c1ccccc1F)Nc1ccccc1. The molecule has 0 aliphatic carbocycles. The molecule has 0 aromatic heterocycles. The molecule has 0 bridgehead atoms. The maximum atomic E-state index is 14.5. The summed E-state index contributed by atoms with van der Waals surface area (Å²) in [5, 5.41) is 3.07. The van der Waals surface area contributed by atoms with E-state index in [0.717, 1.165) is 0 Å². The standard InChI is InChI=1S/C19H18FN3O3S2/c20-14-8-4-5-9-16(14)23(10-18(24)21-13-6-2-1-3-7-13)19-22-15-11-28(25,26)12-17(15)27-19/h1-9,15,17H,10-12H2,(H,21,24)/t15-,17+/m1/s1. The molecule has 2 aliphatic heterocycles. The van der Waals surface area contributed by atoms with Crippen LogP contribution in [0.3, 0.4) is 0 Å². The molecule has 6 nitrogen and oxygen atoms in total. The fraction of sp³-hybridized carbons (Fsp3) is 0.263. The van der Waals surface area contributed by atoms with E-state index in [1.807, 2.05) is 18.2 Å². The Kier molecular flexibility index (Phi) is 5.11. The highest BCUT2D eigenvalue weighted by Crippen LogP contribution is 2.37. The average Bonchev–Trinajstić information content (AvgIpc) is 3.14. The molecular weight excluding hydrogens is 401 g/mol. The molecule has 0 spiro atoms. The van der Waals surface area contributed by atoms with Crippen LogP contribution in [0.5, 0.6) is 0 Å². The van der Waals surface area contributed by atoms with Gasteiger partial charge in [0, 0.05) is 10.9 Å². The van der Waals surface area contributed by atoms with E-state index in [-0.39, 0.29) is 40.9 Å². The number of hydrogen-bond donors (Lipinski definition) is 1. The van der Waals surface area contributed by atoms with E-state index in [1.165, 1.54) is 22.7 Å². The largest absolute Gasteiger partial charge is 0.325 e. The lowest BCUT2D eigenvalue weighted by Gasteiger charge is -2.24. The minimum Gasteiger partial charge on any atom is -0.325 e. The van der Waals surface area contributed by atoms with Gasteiger partial charge >= 0.3 is 0 Å². The number of aliphatic imine (C=N–C) groups is 1. The number of sulfone groups is 1. The van der Waals surface area contributed by atoms with Gasteiger partial charge in [0.1, 0.15) is 12.4 Å². The second kappa shape index (κ2) is 7.56. The van der Waals surface area contributed by atoms with Crippen molar-refractivity contribution in [1.82, 2.24) is 0 Å². The molecule has 2 aromatic rings. The minimum atomic E-state index is -3.09. The Balaban J connectivity index is 1.59. The maximum absolute atomic E-state index is 14.5. The van der Waals surface area contributed by atoms with Crippen molar-refractivity contribution in [2.75, 3.05) is 28.3 Å².